The van der Waals surface area contributed by atoms with Crippen LogP contribution in [0.15, 0.2) is 47.4 Å². The van der Waals surface area contributed by atoms with E-state index in [1.165, 1.54) is 6.07 Å². The average Bonchev–Trinajstić information content (AvgIpc) is 2.61. The fourth-order valence-electron chi connectivity index (χ4n) is 3.65. The number of carbonyl (C=O) groups excluding carboxylic acids is 2. The highest BCUT2D eigenvalue weighted by Gasteiger charge is 2.36. The number of hydrogen-bond donors (Lipinski definition) is 2. The molecule has 0 saturated carbocycles. The van der Waals surface area contributed by atoms with Crippen LogP contribution in [0.2, 0.25) is 0 Å². The van der Waals surface area contributed by atoms with Gasteiger partial charge in [0, 0.05) is 16.3 Å². The van der Waals surface area contributed by atoms with E-state index in [-0.39, 0.29) is 27.6 Å². The van der Waals surface area contributed by atoms with Crippen molar-refractivity contribution in [3.05, 3.63) is 64.7 Å². The molecular formula is C20H16N2O5S. The normalized spacial score (nSPS) is 14.0. The Balaban J connectivity index is 2.07. The van der Waals surface area contributed by atoms with Crippen LogP contribution in [0.4, 0.5) is 11.4 Å². The van der Waals surface area contributed by atoms with Crippen molar-refractivity contribution in [2.75, 3.05) is 10.6 Å². The van der Waals surface area contributed by atoms with Gasteiger partial charge in [0.15, 0.2) is 0 Å². The van der Waals surface area contributed by atoms with Gasteiger partial charge in [-0.2, -0.15) is 8.42 Å². The van der Waals surface area contributed by atoms with E-state index in [1.807, 2.05) is 13.0 Å². The summed E-state index contributed by atoms with van der Waals surface area (Å²) in [6.07, 6.45) is 0. The van der Waals surface area contributed by atoms with Gasteiger partial charge in [-0.05, 0) is 37.6 Å². The Bertz CT molecular complexity index is 1310. The molecule has 0 aromatic heterocycles. The predicted molar refractivity (Wildman–Crippen MR) is 105 cm³/mol. The lowest BCUT2D eigenvalue weighted by atomic mass is 9.92. The highest BCUT2D eigenvalue weighted by molar-refractivity contribution is 7.86. The van der Waals surface area contributed by atoms with Gasteiger partial charge in [-0.25, -0.2) is 4.90 Å². The zero-order chi connectivity index (χ0) is 20.4. The van der Waals surface area contributed by atoms with Crippen molar-refractivity contribution in [1.29, 1.82) is 0 Å². The molecule has 0 atom stereocenters. The van der Waals surface area contributed by atoms with E-state index < -0.39 is 26.8 Å². The molecule has 7 nitrogen and oxygen atoms in total. The summed E-state index contributed by atoms with van der Waals surface area (Å²) in [5, 5.41) is 0.507. The first-order valence-corrected chi connectivity index (χ1v) is 9.84. The van der Waals surface area contributed by atoms with E-state index in [1.54, 1.807) is 31.2 Å². The summed E-state index contributed by atoms with van der Waals surface area (Å²) in [4.78, 5) is 26.8. The number of hydrogen-bond acceptors (Lipinski definition) is 5. The molecule has 0 unspecified atom stereocenters. The van der Waals surface area contributed by atoms with Crippen molar-refractivity contribution in [3.8, 4) is 0 Å². The standard InChI is InChI=1S/C20H16N2O5S/c1-10-6-7-15(11(2)8-10)22-19(23)13-5-3-4-12-17(13)14(20(22)24)9-16(18(12)21)28(25,26)27/h3-9H,21H2,1-2H3,(H,25,26,27). The van der Waals surface area contributed by atoms with Gasteiger partial charge in [-0.1, -0.05) is 29.8 Å². The zero-order valence-electron chi connectivity index (χ0n) is 15.1. The van der Waals surface area contributed by atoms with Crippen molar-refractivity contribution >= 4 is 44.1 Å². The van der Waals surface area contributed by atoms with Crippen LogP contribution in [-0.4, -0.2) is 24.8 Å². The molecule has 0 aliphatic carbocycles. The third-order valence-corrected chi connectivity index (χ3v) is 5.80. The molecule has 4 rings (SSSR count). The first kappa shape index (κ1) is 18.1. The fourth-order valence-corrected chi connectivity index (χ4v) is 4.30. The number of amides is 2. The van der Waals surface area contributed by atoms with Crippen LogP contribution >= 0.6 is 0 Å². The molecule has 8 heteroatoms. The smallest absolute Gasteiger partial charge is 0.296 e. The fraction of sp³-hybridized carbons (Fsp3) is 0.100. The van der Waals surface area contributed by atoms with Crippen molar-refractivity contribution in [3.63, 3.8) is 0 Å². The molecule has 0 bridgehead atoms. The zero-order valence-corrected chi connectivity index (χ0v) is 15.9. The number of nitrogens with zero attached hydrogens (tertiary/aromatic N) is 1. The minimum Gasteiger partial charge on any atom is -0.397 e. The molecule has 2 amide bonds. The number of benzene rings is 3. The Hall–Kier alpha value is -3.23. The topological polar surface area (TPSA) is 118 Å². The minimum atomic E-state index is -4.66. The van der Waals surface area contributed by atoms with Gasteiger partial charge in [0.05, 0.1) is 16.9 Å². The van der Waals surface area contributed by atoms with E-state index in [9.17, 15) is 22.6 Å². The number of nitrogens with two attached hydrogens (primary N) is 1. The number of anilines is 2. The second kappa shape index (κ2) is 5.88. The largest absolute Gasteiger partial charge is 0.397 e. The lowest BCUT2D eigenvalue weighted by Gasteiger charge is -2.29. The Labute approximate surface area is 161 Å². The van der Waals surface area contributed by atoms with E-state index in [4.69, 9.17) is 5.73 Å². The van der Waals surface area contributed by atoms with Crippen LogP contribution in [0.5, 0.6) is 0 Å². The summed E-state index contributed by atoms with van der Waals surface area (Å²) in [6, 6.07) is 11.0. The van der Waals surface area contributed by atoms with E-state index in [2.05, 4.69) is 0 Å². The quantitative estimate of drug-likeness (QED) is 0.390. The van der Waals surface area contributed by atoms with Crippen LogP contribution in [0.25, 0.3) is 10.8 Å². The minimum absolute atomic E-state index is 0.00741. The highest BCUT2D eigenvalue weighted by Crippen LogP contribution is 2.39. The lowest BCUT2D eigenvalue weighted by molar-refractivity contribution is 0.0893. The van der Waals surface area contributed by atoms with Gasteiger partial charge in [0.1, 0.15) is 4.90 Å². The molecule has 1 heterocycles. The Kier molecular flexibility index (Phi) is 3.81. The van der Waals surface area contributed by atoms with E-state index in [0.29, 0.717) is 5.69 Å². The Morgan fingerprint density at radius 1 is 0.964 bits per heavy atom. The summed E-state index contributed by atoms with van der Waals surface area (Å²) >= 11 is 0. The van der Waals surface area contributed by atoms with Gasteiger partial charge < -0.3 is 5.73 Å². The molecule has 0 fully saturated rings. The summed E-state index contributed by atoms with van der Waals surface area (Å²) in [6.45, 7) is 3.68. The highest BCUT2D eigenvalue weighted by atomic mass is 32.2. The van der Waals surface area contributed by atoms with Gasteiger partial charge in [0.25, 0.3) is 21.9 Å². The Morgan fingerprint density at radius 3 is 2.29 bits per heavy atom. The van der Waals surface area contributed by atoms with Crippen LogP contribution < -0.4 is 10.6 Å². The molecule has 3 aromatic rings. The van der Waals surface area contributed by atoms with Crippen LogP contribution in [-0.2, 0) is 10.1 Å². The maximum atomic E-state index is 13.2. The molecule has 142 valence electrons. The number of carbonyl (C=O) groups is 2. The summed E-state index contributed by atoms with van der Waals surface area (Å²) in [7, 11) is -4.66. The molecule has 28 heavy (non-hydrogen) atoms. The van der Waals surface area contributed by atoms with Gasteiger partial charge in [-0.3, -0.25) is 14.1 Å². The SMILES string of the molecule is Cc1ccc(N2C(=O)c3cccc4c(N)c(S(=O)(=O)O)cc(c34)C2=O)c(C)c1. The molecule has 3 aromatic carbocycles. The Morgan fingerprint density at radius 2 is 1.64 bits per heavy atom. The molecule has 0 radical (unpaired) electrons. The van der Waals surface area contributed by atoms with Crippen LogP contribution in [0, 0.1) is 13.8 Å². The molecule has 3 N–H and O–H groups in total. The summed E-state index contributed by atoms with van der Waals surface area (Å²) < 4.78 is 33.1. The van der Waals surface area contributed by atoms with E-state index in [0.717, 1.165) is 22.1 Å². The number of imide groups is 1. The summed E-state index contributed by atoms with van der Waals surface area (Å²) in [5.41, 5.74) is 8.06. The molecule has 1 aliphatic heterocycles. The van der Waals surface area contributed by atoms with Gasteiger partial charge in [0.2, 0.25) is 0 Å². The van der Waals surface area contributed by atoms with Gasteiger partial charge >= 0.3 is 0 Å². The summed E-state index contributed by atoms with van der Waals surface area (Å²) in [5.74, 6) is -1.19. The number of aryl methyl sites for hydroxylation is 2. The maximum absolute atomic E-state index is 13.2. The maximum Gasteiger partial charge on any atom is 0.296 e. The third kappa shape index (κ3) is 2.49. The van der Waals surface area contributed by atoms with Crippen LogP contribution in [0.3, 0.4) is 0 Å². The second-order valence-electron chi connectivity index (χ2n) is 6.77. The molecule has 0 saturated heterocycles. The van der Waals surface area contributed by atoms with Crippen molar-refractivity contribution < 1.29 is 22.6 Å². The monoisotopic (exact) mass is 396 g/mol. The van der Waals surface area contributed by atoms with Crippen LogP contribution in [0.1, 0.15) is 31.8 Å². The second-order valence-corrected chi connectivity index (χ2v) is 8.16. The van der Waals surface area contributed by atoms with Gasteiger partial charge in [-0.15, -0.1) is 0 Å². The predicted octanol–water partition coefficient (Wildman–Crippen LogP) is 3.09. The van der Waals surface area contributed by atoms with E-state index >= 15 is 0 Å². The average molecular weight is 396 g/mol. The first-order chi connectivity index (χ1) is 13.1. The lowest BCUT2D eigenvalue weighted by Crippen LogP contribution is -2.41. The van der Waals surface area contributed by atoms with Crippen molar-refractivity contribution in [2.24, 2.45) is 0 Å². The first-order valence-electron chi connectivity index (χ1n) is 8.40. The molecule has 1 aliphatic rings. The number of rotatable bonds is 2. The molecular weight excluding hydrogens is 380 g/mol. The van der Waals surface area contributed by atoms with Crippen molar-refractivity contribution in [2.45, 2.75) is 18.7 Å². The number of nitrogen functional groups attached to an aromatic ring is 1. The third-order valence-electron chi connectivity index (χ3n) is 4.90. The molecule has 0 spiro atoms. The van der Waals surface area contributed by atoms with Crippen molar-refractivity contribution in [1.82, 2.24) is 0 Å².